The van der Waals surface area contributed by atoms with Gasteiger partial charge in [-0.05, 0) is 31.0 Å². The van der Waals surface area contributed by atoms with Crippen LogP contribution >= 0.6 is 41.6 Å². The van der Waals surface area contributed by atoms with E-state index in [0.717, 1.165) is 10.0 Å². The van der Waals surface area contributed by atoms with Crippen molar-refractivity contribution < 1.29 is 13.2 Å². The van der Waals surface area contributed by atoms with E-state index < -0.39 is 17.6 Å². The second-order valence-corrected chi connectivity index (χ2v) is 6.45. The highest BCUT2D eigenvalue weighted by Gasteiger charge is 2.47. The molecule has 0 spiro atoms. The maximum Gasteiger partial charge on any atom is 0.392 e. The van der Waals surface area contributed by atoms with Crippen LogP contribution in [0.5, 0.6) is 0 Å². The van der Waals surface area contributed by atoms with Gasteiger partial charge >= 0.3 is 6.18 Å². The van der Waals surface area contributed by atoms with Crippen LogP contribution in [-0.2, 0) is 5.54 Å². The van der Waals surface area contributed by atoms with Gasteiger partial charge in [0.25, 0.3) is 0 Å². The second kappa shape index (κ2) is 6.23. The summed E-state index contributed by atoms with van der Waals surface area (Å²) in [7, 11) is 0. The molecule has 1 aliphatic heterocycles. The van der Waals surface area contributed by atoms with Crippen molar-refractivity contribution in [2.75, 3.05) is 0 Å². The van der Waals surface area contributed by atoms with Gasteiger partial charge in [-0.3, -0.25) is 0 Å². The lowest BCUT2D eigenvalue weighted by Gasteiger charge is -2.41. The zero-order chi connectivity index (χ0) is 14.3. The molecule has 20 heavy (non-hydrogen) atoms. The van der Waals surface area contributed by atoms with Crippen molar-refractivity contribution in [2.24, 2.45) is 5.92 Å². The van der Waals surface area contributed by atoms with Gasteiger partial charge in [-0.2, -0.15) is 26.7 Å². The number of nitrogens with one attached hydrogen (secondary N) is 1. The maximum atomic E-state index is 13.0. The highest BCUT2D eigenvalue weighted by Crippen LogP contribution is 2.42. The molecule has 2 rings (SSSR count). The predicted molar refractivity (Wildman–Crippen MR) is 86.4 cm³/mol. The van der Waals surface area contributed by atoms with Crippen molar-refractivity contribution in [3.8, 4) is 0 Å². The molecule has 0 bridgehead atoms. The van der Waals surface area contributed by atoms with Crippen LogP contribution in [0.3, 0.4) is 0 Å². The first-order valence-electron chi connectivity index (χ1n) is 5.84. The number of benzene rings is 1. The summed E-state index contributed by atoms with van der Waals surface area (Å²) in [6.45, 7) is 1.76. The first-order chi connectivity index (χ1) is 8.71. The van der Waals surface area contributed by atoms with Gasteiger partial charge < -0.3 is 5.32 Å². The first kappa shape index (κ1) is 17.8. The van der Waals surface area contributed by atoms with Crippen LogP contribution in [0.2, 0.25) is 0 Å². The van der Waals surface area contributed by atoms with E-state index in [0.29, 0.717) is 0 Å². The van der Waals surface area contributed by atoms with E-state index in [9.17, 15) is 13.2 Å². The summed E-state index contributed by atoms with van der Waals surface area (Å²) < 4.78 is 39.7. The van der Waals surface area contributed by atoms with Crippen LogP contribution < -0.4 is 5.32 Å². The minimum absolute atomic E-state index is 0. The Bertz CT molecular complexity index is 507. The van der Waals surface area contributed by atoms with Crippen molar-refractivity contribution in [1.82, 2.24) is 5.32 Å². The fourth-order valence-corrected chi connectivity index (χ4v) is 3.28. The van der Waals surface area contributed by atoms with Gasteiger partial charge in [-0.1, -0.05) is 40.3 Å². The fraction of sp³-hybridized carbons (Fsp3) is 0.462. The number of thiocarbonyl (C=S) groups is 1. The molecule has 1 nitrogen and oxygen atoms in total. The molecule has 0 amide bonds. The lowest BCUT2D eigenvalue weighted by Crippen LogP contribution is -2.51. The Kier molecular flexibility index (Phi) is 5.54. The molecule has 1 aromatic rings. The van der Waals surface area contributed by atoms with Gasteiger partial charge in [0.1, 0.15) is 0 Å². The van der Waals surface area contributed by atoms with Crippen molar-refractivity contribution in [1.29, 1.82) is 0 Å². The topological polar surface area (TPSA) is 12.0 Å². The van der Waals surface area contributed by atoms with Crippen molar-refractivity contribution in [3.63, 3.8) is 0 Å². The van der Waals surface area contributed by atoms with Crippen molar-refractivity contribution >= 4 is 46.6 Å². The maximum absolute atomic E-state index is 13.0. The summed E-state index contributed by atoms with van der Waals surface area (Å²) in [5, 5.41) is 3.05. The average Bonchev–Trinajstić information content (AvgIpc) is 2.26. The van der Waals surface area contributed by atoms with Gasteiger partial charge in [0.15, 0.2) is 0 Å². The molecule has 2 unspecified atom stereocenters. The number of rotatable bonds is 1. The van der Waals surface area contributed by atoms with E-state index >= 15 is 0 Å². The Morgan fingerprint density at radius 1 is 1.40 bits per heavy atom. The van der Waals surface area contributed by atoms with E-state index in [1.807, 2.05) is 24.3 Å². The Balaban J connectivity index is 0.00000200. The molecule has 0 saturated carbocycles. The molecule has 112 valence electrons. The second-order valence-electron chi connectivity index (χ2n) is 5.04. The number of hydrogen-bond acceptors (Lipinski definition) is 1. The van der Waals surface area contributed by atoms with Gasteiger partial charge in [-0.25, -0.2) is 0 Å². The van der Waals surface area contributed by atoms with E-state index in [1.54, 1.807) is 6.92 Å². The zero-order valence-electron chi connectivity index (χ0n) is 10.7. The lowest BCUT2D eigenvalue weighted by atomic mass is 9.78. The third-order valence-electron chi connectivity index (χ3n) is 3.43. The molecule has 0 aromatic heterocycles. The largest absolute Gasteiger partial charge is 0.392 e. The Morgan fingerprint density at radius 2 is 2.05 bits per heavy atom. The fourth-order valence-electron chi connectivity index (χ4n) is 2.45. The summed E-state index contributed by atoms with van der Waals surface area (Å²) in [6, 6.07) is 7.30. The smallest absolute Gasteiger partial charge is 0.370 e. The summed E-state index contributed by atoms with van der Waals surface area (Å²) >= 11 is 8.35. The van der Waals surface area contributed by atoms with Gasteiger partial charge in [-0.15, -0.1) is 0 Å². The minimum atomic E-state index is -4.21. The molecule has 1 aromatic carbocycles. The standard InChI is InChI=1S/C13H13BrF3NS.H2S/c1-12(8-3-2-4-10(14)5-8)7-9(13(15,16)17)6-11(19)18-12;/h2-5,9H,6-7H2,1H3,(H,18,19);1H2. The molecular formula is C13H15BrF3NS2. The van der Waals surface area contributed by atoms with E-state index in [4.69, 9.17) is 12.2 Å². The molecule has 0 aliphatic carbocycles. The molecule has 1 aliphatic rings. The lowest BCUT2D eigenvalue weighted by molar-refractivity contribution is -0.180. The summed E-state index contributed by atoms with van der Waals surface area (Å²) in [4.78, 5) is 0.274. The minimum Gasteiger partial charge on any atom is -0.370 e. The summed E-state index contributed by atoms with van der Waals surface area (Å²) in [5.41, 5.74) is 0.0254. The molecule has 1 heterocycles. The van der Waals surface area contributed by atoms with E-state index in [-0.39, 0.29) is 31.3 Å². The highest BCUT2D eigenvalue weighted by atomic mass is 79.9. The summed E-state index contributed by atoms with van der Waals surface area (Å²) in [5.74, 6) is -1.38. The molecule has 7 heteroatoms. The number of piperidine rings is 1. The predicted octanol–water partition coefficient (Wildman–Crippen LogP) is 4.67. The number of halogens is 4. The van der Waals surface area contributed by atoms with Crippen LogP contribution in [-0.4, -0.2) is 11.2 Å². The normalized spacial score (nSPS) is 26.6. The van der Waals surface area contributed by atoms with E-state index in [2.05, 4.69) is 21.2 Å². The van der Waals surface area contributed by atoms with Gasteiger partial charge in [0.2, 0.25) is 0 Å². The highest BCUT2D eigenvalue weighted by molar-refractivity contribution is 9.10. The van der Waals surface area contributed by atoms with E-state index in [1.165, 1.54) is 0 Å². The Labute approximate surface area is 136 Å². The molecular weight excluding hydrogens is 371 g/mol. The Hall–Kier alpha value is -0.270. The molecule has 2 atom stereocenters. The van der Waals surface area contributed by atoms with Crippen molar-refractivity contribution in [3.05, 3.63) is 34.3 Å². The molecule has 1 N–H and O–H groups in total. The average molecular weight is 386 g/mol. The zero-order valence-corrected chi connectivity index (χ0v) is 14.1. The number of hydrogen-bond donors (Lipinski definition) is 1. The monoisotopic (exact) mass is 385 g/mol. The Morgan fingerprint density at radius 3 is 2.60 bits per heavy atom. The van der Waals surface area contributed by atoms with Crippen LogP contribution in [0.4, 0.5) is 13.2 Å². The SMILES string of the molecule is CC1(c2cccc(Br)c2)CC(C(F)(F)F)CC(=S)N1.S. The first-order valence-corrected chi connectivity index (χ1v) is 7.04. The number of alkyl halides is 3. The molecule has 0 radical (unpaired) electrons. The van der Waals surface area contributed by atoms with Crippen molar-refractivity contribution in [2.45, 2.75) is 31.5 Å². The van der Waals surface area contributed by atoms with Gasteiger partial charge in [0.05, 0.1) is 16.4 Å². The van der Waals surface area contributed by atoms with Crippen LogP contribution in [0, 0.1) is 5.92 Å². The summed E-state index contributed by atoms with van der Waals surface area (Å²) in [6.07, 6.45) is -4.34. The third-order valence-corrected chi connectivity index (χ3v) is 4.19. The van der Waals surface area contributed by atoms with Gasteiger partial charge in [0, 0.05) is 10.9 Å². The molecule has 1 fully saturated rings. The van der Waals surface area contributed by atoms with Crippen LogP contribution in [0.25, 0.3) is 0 Å². The molecule has 1 saturated heterocycles. The van der Waals surface area contributed by atoms with Crippen LogP contribution in [0.15, 0.2) is 28.7 Å². The third kappa shape index (κ3) is 3.89. The quantitative estimate of drug-likeness (QED) is 0.705. The van der Waals surface area contributed by atoms with Crippen LogP contribution in [0.1, 0.15) is 25.3 Å².